The molecular weight excluding hydrogens is 240 g/mol. The molecule has 1 N–H and O–H groups in total. The monoisotopic (exact) mass is 256 g/mol. The number of benzene rings is 1. The zero-order chi connectivity index (χ0) is 13.8. The SMILES string of the molecule is COc1c(C(C#N)Nc2ccccc2)c(C)nn1C. The van der Waals surface area contributed by atoms with Crippen LogP contribution < -0.4 is 10.1 Å². The average Bonchev–Trinajstić information content (AvgIpc) is 2.71. The Morgan fingerprint density at radius 3 is 2.63 bits per heavy atom. The first-order valence-corrected chi connectivity index (χ1v) is 5.96. The van der Waals surface area contributed by atoms with Crippen LogP contribution in [0.5, 0.6) is 5.88 Å². The maximum absolute atomic E-state index is 9.39. The minimum atomic E-state index is -0.494. The molecule has 0 aliphatic heterocycles. The van der Waals surface area contributed by atoms with E-state index in [1.165, 1.54) is 0 Å². The van der Waals surface area contributed by atoms with Gasteiger partial charge in [-0.15, -0.1) is 0 Å². The number of ether oxygens (including phenoxy) is 1. The van der Waals surface area contributed by atoms with Gasteiger partial charge in [0.1, 0.15) is 6.04 Å². The van der Waals surface area contributed by atoms with Crippen molar-refractivity contribution >= 4 is 5.69 Å². The number of nitriles is 1. The van der Waals surface area contributed by atoms with Crippen molar-refractivity contribution in [1.29, 1.82) is 5.26 Å². The van der Waals surface area contributed by atoms with Crippen molar-refractivity contribution in [3.05, 3.63) is 41.6 Å². The van der Waals surface area contributed by atoms with Gasteiger partial charge in [-0.3, -0.25) is 0 Å². The summed E-state index contributed by atoms with van der Waals surface area (Å²) in [6.45, 7) is 1.87. The standard InChI is InChI=1S/C14H16N4O/c1-10-13(14(19-3)18(2)17-10)12(9-15)16-11-7-5-4-6-8-11/h4-8,12,16H,1-3H3. The van der Waals surface area contributed by atoms with Crippen LogP contribution in [0, 0.1) is 18.3 Å². The summed E-state index contributed by atoms with van der Waals surface area (Å²) >= 11 is 0. The van der Waals surface area contributed by atoms with Gasteiger partial charge < -0.3 is 10.1 Å². The van der Waals surface area contributed by atoms with E-state index in [0.717, 1.165) is 16.9 Å². The molecule has 1 atom stereocenters. The Morgan fingerprint density at radius 2 is 2.05 bits per heavy atom. The fourth-order valence-corrected chi connectivity index (χ4v) is 2.10. The van der Waals surface area contributed by atoms with Gasteiger partial charge in [0, 0.05) is 12.7 Å². The zero-order valence-electron chi connectivity index (χ0n) is 11.2. The van der Waals surface area contributed by atoms with Crippen LogP contribution in [-0.4, -0.2) is 16.9 Å². The van der Waals surface area contributed by atoms with Crippen molar-refractivity contribution in [1.82, 2.24) is 9.78 Å². The van der Waals surface area contributed by atoms with E-state index in [2.05, 4.69) is 16.5 Å². The lowest BCUT2D eigenvalue weighted by Crippen LogP contribution is -2.10. The van der Waals surface area contributed by atoms with Gasteiger partial charge in [0.2, 0.25) is 5.88 Å². The highest BCUT2D eigenvalue weighted by atomic mass is 16.5. The number of para-hydroxylation sites is 1. The van der Waals surface area contributed by atoms with Crippen LogP contribution in [0.4, 0.5) is 5.69 Å². The summed E-state index contributed by atoms with van der Waals surface area (Å²) in [5, 5.41) is 16.9. The average molecular weight is 256 g/mol. The molecule has 0 fully saturated rings. The minimum Gasteiger partial charge on any atom is -0.481 e. The van der Waals surface area contributed by atoms with Crippen molar-refractivity contribution in [3.63, 3.8) is 0 Å². The van der Waals surface area contributed by atoms with E-state index < -0.39 is 6.04 Å². The van der Waals surface area contributed by atoms with Gasteiger partial charge in [-0.25, -0.2) is 4.68 Å². The second kappa shape index (κ2) is 5.44. The number of aromatic nitrogens is 2. The van der Waals surface area contributed by atoms with Gasteiger partial charge >= 0.3 is 0 Å². The maximum Gasteiger partial charge on any atom is 0.218 e. The summed E-state index contributed by atoms with van der Waals surface area (Å²) in [6, 6.07) is 11.4. The smallest absolute Gasteiger partial charge is 0.218 e. The van der Waals surface area contributed by atoms with Crippen molar-refractivity contribution in [2.75, 3.05) is 12.4 Å². The molecule has 1 heterocycles. The largest absolute Gasteiger partial charge is 0.481 e. The lowest BCUT2D eigenvalue weighted by molar-refractivity contribution is 0.369. The number of hydrogen-bond donors (Lipinski definition) is 1. The first-order chi connectivity index (χ1) is 9.17. The third-order valence-corrected chi connectivity index (χ3v) is 2.91. The van der Waals surface area contributed by atoms with Crippen LogP contribution in [0.25, 0.3) is 0 Å². The maximum atomic E-state index is 9.39. The molecule has 5 nitrogen and oxygen atoms in total. The normalized spacial score (nSPS) is 11.7. The van der Waals surface area contributed by atoms with E-state index in [1.54, 1.807) is 18.8 Å². The Labute approximate surface area is 112 Å². The third-order valence-electron chi connectivity index (χ3n) is 2.91. The first kappa shape index (κ1) is 13.0. The second-order valence-electron chi connectivity index (χ2n) is 4.20. The topological polar surface area (TPSA) is 62.9 Å². The molecule has 2 aromatic rings. The Hall–Kier alpha value is -2.48. The summed E-state index contributed by atoms with van der Waals surface area (Å²) in [4.78, 5) is 0. The van der Waals surface area contributed by atoms with Gasteiger partial charge in [-0.05, 0) is 19.1 Å². The molecule has 19 heavy (non-hydrogen) atoms. The fourth-order valence-electron chi connectivity index (χ4n) is 2.10. The molecular formula is C14H16N4O. The second-order valence-corrected chi connectivity index (χ2v) is 4.20. The van der Waals surface area contributed by atoms with Crippen LogP contribution >= 0.6 is 0 Å². The molecule has 1 aromatic heterocycles. The van der Waals surface area contributed by atoms with Gasteiger partial charge in [-0.1, -0.05) is 18.2 Å². The van der Waals surface area contributed by atoms with Crippen LogP contribution in [-0.2, 0) is 7.05 Å². The number of hydrogen-bond acceptors (Lipinski definition) is 4. The molecule has 1 unspecified atom stereocenters. The summed E-state index contributed by atoms with van der Waals surface area (Å²) in [5.41, 5.74) is 2.45. The Kier molecular flexibility index (Phi) is 3.71. The predicted octanol–water partition coefficient (Wildman–Crippen LogP) is 2.41. The summed E-state index contributed by atoms with van der Waals surface area (Å²) < 4.78 is 6.97. The number of nitrogens with zero attached hydrogens (tertiary/aromatic N) is 3. The fraction of sp³-hybridized carbons (Fsp3) is 0.286. The Morgan fingerprint density at radius 1 is 1.37 bits per heavy atom. The third kappa shape index (κ3) is 2.52. The molecule has 2 rings (SSSR count). The van der Waals surface area contributed by atoms with Crippen molar-refractivity contribution in [2.45, 2.75) is 13.0 Å². The molecule has 0 aliphatic carbocycles. The van der Waals surface area contributed by atoms with E-state index >= 15 is 0 Å². The lowest BCUT2D eigenvalue weighted by atomic mass is 10.1. The number of anilines is 1. The van der Waals surface area contributed by atoms with Gasteiger partial charge in [0.15, 0.2) is 0 Å². The van der Waals surface area contributed by atoms with Crippen molar-refractivity contribution in [2.24, 2.45) is 7.05 Å². The van der Waals surface area contributed by atoms with Crippen LogP contribution in [0.1, 0.15) is 17.3 Å². The van der Waals surface area contributed by atoms with E-state index in [-0.39, 0.29) is 0 Å². The van der Waals surface area contributed by atoms with Crippen molar-refractivity contribution < 1.29 is 4.74 Å². The summed E-state index contributed by atoms with van der Waals surface area (Å²) in [7, 11) is 3.38. The molecule has 0 radical (unpaired) electrons. The first-order valence-electron chi connectivity index (χ1n) is 5.96. The van der Waals surface area contributed by atoms with E-state index in [9.17, 15) is 5.26 Å². The van der Waals surface area contributed by atoms with Gasteiger partial charge in [0.05, 0.1) is 24.4 Å². The van der Waals surface area contributed by atoms with Crippen LogP contribution in [0.2, 0.25) is 0 Å². The van der Waals surface area contributed by atoms with E-state index in [0.29, 0.717) is 5.88 Å². The molecule has 0 bridgehead atoms. The molecule has 0 saturated carbocycles. The Bertz CT molecular complexity index is 598. The summed E-state index contributed by atoms with van der Waals surface area (Å²) in [6.07, 6.45) is 0. The molecule has 1 aromatic carbocycles. The minimum absolute atomic E-state index is 0.494. The quantitative estimate of drug-likeness (QED) is 0.912. The highest BCUT2D eigenvalue weighted by Crippen LogP contribution is 2.29. The van der Waals surface area contributed by atoms with Crippen molar-refractivity contribution in [3.8, 4) is 11.9 Å². The molecule has 5 heteroatoms. The van der Waals surface area contributed by atoms with E-state index in [4.69, 9.17) is 4.74 Å². The molecule has 0 aliphatic rings. The number of nitrogens with one attached hydrogen (secondary N) is 1. The molecule has 0 saturated heterocycles. The molecule has 0 spiro atoms. The van der Waals surface area contributed by atoms with Crippen LogP contribution in [0.15, 0.2) is 30.3 Å². The number of methoxy groups -OCH3 is 1. The molecule has 0 amide bonds. The zero-order valence-corrected chi connectivity index (χ0v) is 11.2. The van der Waals surface area contributed by atoms with Gasteiger partial charge in [-0.2, -0.15) is 10.4 Å². The lowest BCUT2D eigenvalue weighted by Gasteiger charge is -2.14. The van der Waals surface area contributed by atoms with E-state index in [1.807, 2.05) is 37.3 Å². The highest BCUT2D eigenvalue weighted by molar-refractivity contribution is 5.50. The van der Waals surface area contributed by atoms with Gasteiger partial charge in [0.25, 0.3) is 0 Å². The predicted molar refractivity (Wildman–Crippen MR) is 72.9 cm³/mol. The van der Waals surface area contributed by atoms with Crippen LogP contribution in [0.3, 0.4) is 0 Å². The number of rotatable bonds is 4. The Balaban J connectivity index is 2.36. The highest BCUT2D eigenvalue weighted by Gasteiger charge is 2.23. The molecule has 98 valence electrons. The summed E-state index contributed by atoms with van der Waals surface area (Å²) in [5.74, 6) is 0.604. The number of aryl methyl sites for hydroxylation is 2.